The zero-order valence-corrected chi connectivity index (χ0v) is 20.7. The number of hydrogen-bond donors (Lipinski definition) is 1. The molecule has 2 aromatic carbocycles. The molecule has 6 rings (SSSR count). The number of benzene rings is 2. The van der Waals surface area contributed by atoms with Crippen LogP contribution in [0.4, 0.5) is 10.2 Å². The maximum Gasteiger partial charge on any atom is 0.259 e. The van der Waals surface area contributed by atoms with E-state index in [-0.39, 0.29) is 17.4 Å². The van der Waals surface area contributed by atoms with Gasteiger partial charge in [0.1, 0.15) is 18.0 Å². The van der Waals surface area contributed by atoms with Crippen molar-refractivity contribution in [3.63, 3.8) is 0 Å². The van der Waals surface area contributed by atoms with Gasteiger partial charge < -0.3 is 10.2 Å². The summed E-state index contributed by atoms with van der Waals surface area (Å²) < 4.78 is 15.2. The summed E-state index contributed by atoms with van der Waals surface area (Å²) in [6.07, 6.45) is 9.32. The first-order valence-corrected chi connectivity index (χ1v) is 12.7. The van der Waals surface area contributed by atoms with E-state index in [1.54, 1.807) is 23.4 Å². The number of carbonyl (C=O) groups excluding carboxylic acids is 2. The number of aromatic nitrogens is 3. The average Bonchev–Trinajstić information content (AvgIpc) is 3.68. The van der Waals surface area contributed by atoms with Crippen LogP contribution in [-0.2, 0) is 4.79 Å². The summed E-state index contributed by atoms with van der Waals surface area (Å²) in [6, 6.07) is 12.3. The number of nitrogens with one attached hydrogen (secondary N) is 1. The summed E-state index contributed by atoms with van der Waals surface area (Å²) in [5.74, 6) is -0.217. The van der Waals surface area contributed by atoms with Crippen LogP contribution in [0.2, 0.25) is 0 Å². The van der Waals surface area contributed by atoms with E-state index in [1.165, 1.54) is 24.5 Å². The number of pyridine rings is 1. The summed E-state index contributed by atoms with van der Waals surface area (Å²) in [5, 5.41) is 3.55. The van der Waals surface area contributed by atoms with Crippen molar-refractivity contribution in [1.29, 1.82) is 0 Å². The van der Waals surface area contributed by atoms with E-state index < -0.39 is 11.7 Å². The van der Waals surface area contributed by atoms with Gasteiger partial charge in [0.25, 0.3) is 5.91 Å². The highest BCUT2D eigenvalue weighted by Gasteiger charge is 2.28. The number of carbonyl (C=O) groups is 2. The molecule has 2 aliphatic rings. The Morgan fingerprint density at radius 1 is 1.03 bits per heavy atom. The largest absolute Gasteiger partial charge is 0.339 e. The Bertz CT molecular complexity index is 1580. The molecule has 4 aromatic rings. The summed E-state index contributed by atoms with van der Waals surface area (Å²) >= 11 is 0. The maximum absolute atomic E-state index is 15.2. The fourth-order valence-electron chi connectivity index (χ4n) is 5.20. The number of halogens is 1. The third kappa shape index (κ3) is 4.65. The molecule has 3 heterocycles. The van der Waals surface area contributed by atoms with Crippen LogP contribution in [0.3, 0.4) is 0 Å². The molecule has 0 radical (unpaired) electrons. The van der Waals surface area contributed by atoms with Crippen LogP contribution in [0.15, 0.2) is 73.8 Å². The van der Waals surface area contributed by atoms with Crippen molar-refractivity contribution in [2.24, 2.45) is 0 Å². The van der Waals surface area contributed by atoms with Crippen molar-refractivity contribution >= 4 is 28.5 Å². The van der Waals surface area contributed by atoms with Crippen LogP contribution < -0.4 is 5.32 Å². The number of hydrogen-bond acceptors (Lipinski definition) is 5. The van der Waals surface area contributed by atoms with Crippen LogP contribution in [0.25, 0.3) is 22.0 Å². The minimum atomic E-state index is -0.618. The molecule has 0 spiro atoms. The van der Waals surface area contributed by atoms with E-state index in [0.29, 0.717) is 30.4 Å². The molecule has 1 aliphatic carbocycles. The highest BCUT2D eigenvalue weighted by atomic mass is 19.1. The minimum absolute atomic E-state index is 0.0499. The fourth-order valence-corrected chi connectivity index (χ4v) is 5.20. The molecule has 0 bridgehead atoms. The van der Waals surface area contributed by atoms with E-state index >= 15 is 4.39 Å². The molecule has 2 fully saturated rings. The molecule has 38 heavy (non-hydrogen) atoms. The van der Waals surface area contributed by atoms with Gasteiger partial charge in [-0.15, -0.1) is 0 Å². The molecule has 1 saturated carbocycles. The molecule has 1 unspecified atom stereocenters. The van der Waals surface area contributed by atoms with Gasteiger partial charge in [0, 0.05) is 36.8 Å². The van der Waals surface area contributed by atoms with Crippen molar-refractivity contribution in [2.45, 2.75) is 31.1 Å². The first-order valence-electron chi connectivity index (χ1n) is 12.7. The van der Waals surface area contributed by atoms with Crippen molar-refractivity contribution in [3.05, 3.63) is 96.3 Å². The number of fused-ring (bicyclic) bond motifs is 1. The Labute approximate surface area is 219 Å². The molecule has 8 heteroatoms. The van der Waals surface area contributed by atoms with Crippen LogP contribution >= 0.6 is 0 Å². The number of nitrogens with zero attached hydrogens (tertiary/aromatic N) is 4. The normalized spacial score (nSPS) is 17.0. The van der Waals surface area contributed by atoms with Gasteiger partial charge in [-0.1, -0.05) is 12.6 Å². The zero-order valence-electron chi connectivity index (χ0n) is 20.7. The summed E-state index contributed by atoms with van der Waals surface area (Å²) in [5.41, 5.74) is 4.33. The van der Waals surface area contributed by atoms with Crippen molar-refractivity contribution in [3.8, 4) is 11.1 Å². The molecule has 1 saturated heterocycles. The van der Waals surface area contributed by atoms with E-state index in [4.69, 9.17) is 0 Å². The number of likely N-dealkylation sites (tertiary alicyclic amines) is 1. The third-order valence-electron chi connectivity index (χ3n) is 7.37. The molecule has 7 nitrogen and oxygen atoms in total. The van der Waals surface area contributed by atoms with E-state index in [2.05, 4.69) is 26.8 Å². The van der Waals surface area contributed by atoms with E-state index in [1.807, 2.05) is 24.3 Å². The highest BCUT2D eigenvalue weighted by molar-refractivity contribution is 6.04. The standard InChI is InChI=1S/C30H26FN5O2/c1-2-28(37)36-10-8-21(16-36)25-12-22(11-23-15-32-17-34-29(23)25)19-5-6-24(26(31)13-19)30(38)35-27-14-20(7-9-33-27)18-3-4-18/h2,5-7,9,11-15,17-18,21H,1,3-4,8,10,16H2,(H,33,35,38). The second-order valence-corrected chi connectivity index (χ2v) is 9.90. The van der Waals surface area contributed by atoms with E-state index in [9.17, 15) is 9.59 Å². The topological polar surface area (TPSA) is 88.1 Å². The number of rotatable bonds is 6. The lowest BCUT2D eigenvalue weighted by Crippen LogP contribution is -2.26. The van der Waals surface area contributed by atoms with Gasteiger partial charge in [-0.25, -0.2) is 19.3 Å². The lowest BCUT2D eigenvalue weighted by Gasteiger charge is -2.17. The summed E-state index contributed by atoms with van der Waals surface area (Å²) in [4.78, 5) is 39.6. The number of amides is 2. The van der Waals surface area contributed by atoms with Crippen LogP contribution in [-0.4, -0.2) is 44.8 Å². The Hall–Kier alpha value is -4.46. The van der Waals surface area contributed by atoms with Crippen molar-refractivity contribution in [2.75, 3.05) is 18.4 Å². The molecule has 190 valence electrons. The predicted molar refractivity (Wildman–Crippen MR) is 143 cm³/mol. The average molecular weight is 508 g/mol. The number of anilines is 1. The van der Waals surface area contributed by atoms with Crippen LogP contribution in [0.1, 0.15) is 52.6 Å². The zero-order chi connectivity index (χ0) is 26.2. The SMILES string of the molecule is C=CC(=O)N1CCC(c2cc(-c3ccc(C(=O)Nc4cc(C5CC5)ccn4)c(F)c3)cc3cncnc23)C1. The molecule has 1 N–H and O–H groups in total. The lowest BCUT2D eigenvalue weighted by atomic mass is 9.91. The fraction of sp³-hybridized carbons (Fsp3) is 0.233. The smallest absolute Gasteiger partial charge is 0.259 e. The van der Waals surface area contributed by atoms with E-state index in [0.717, 1.165) is 46.9 Å². The minimum Gasteiger partial charge on any atom is -0.339 e. The highest BCUT2D eigenvalue weighted by Crippen LogP contribution is 2.40. The van der Waals surface area contributed by atoms with Crippen molar-refractivity contribution in [1.82, 2.24) is 19.9 Å². The van der Waals surface area contributed by atoms with Gasteiger partial charge in [-0.3, -0.25) is 9.59 Å². The molecule has 1 atom stereocenters. The Balaban J connectivity index is 1.29. The molecule has 1 aliphatic heterocycles. The molecule has 2 amide bonds. The molecular formula is C30H26FN5O2. The van der Waals surface area contributed by atoms with Gasteiger partial charge in [-0.2, -0.15) is 0 Å². The quantitative estimate of drug-likeness (QED) is 0.350. The Morgan fingerprint density at radius 3 is 2.68 bits per heavy atom. The second kappa shape index (κ2) is 9.78. The summed E-state index contributed by atoms with van der Waals surface area (Å²) in [7, 11) is 0. The Kier molecular flexibility index (Phi) is 6.15. The van der Waals surface area contributed by atoms with Crippen molar-refractivity contribution < 1.29 is 14.0 Å². The monoisotopic (exact) mass is 507 g/mol. The first kappa shape index (κ1) is 23.9. The van der Waals surface area contributed by atoms with Crippen LogP contribution in [0.5, 0.6) is 0 Å². The van der Waals surface area contributed by atoms with Gasteiger partial charge in [0.05, 0.1) is 11.1 Å². The Morgan fingerprint density at radius 2 is 1.89 bits per heavy atom. The third-order valence-corrected chi connectivity index (χ3v) is 7.37. The predicted octanol–water partition coefficient (Wildman–Crippen LogP) is 5.46. The first-order chi connectivity index (χ1) is 18.5. The molecule has 2 aromatic heterocycles. The van der Waals surface area contributed by atoms with Gasteiger partial charge >= 0.3 is 0 Å². The molecular weight excluding hydrogens is 481 g/mol. The second-order valence-electron chi connectivity index (χ2n) is 9.90. The van der Waals surface area contributed by atoms with Gasteiger partial charge in [-0.05, 0) is 89.9 Å². The van der Waals surface area contributed by atoms with Gasteiger partial charge in [0.15, 0.2) is 0 Å². The summed E-state index contributed by atoms with van der Waals surface area (Å²) in [6.45, 7) is 4.80. The lowest BCUT2D eigenvalue weighted by molar-refractivity contribution is -0.125. The van der Waals surface area contributed by atoms with Crippen LogP contribution in [0, 0.1) is 5.82 Å². The maximum atomic E-state index is 15.2. The van der Waals surface area contributed by atoms with Gasteiger partial charge in [0.2, 0.25) is 5.91 Å².